The molecule has 3 aromatic rings. The SMILES string of the molecule is Cc1nc(S[C@@H](C)c2ccccc2)[nH]c(=O)c1CC(=O)NCc1ccc(F)cc1. The van der Waals surface area contributed by atoms with Gasteiger partial charge in [0.1, 0.15) is 5.82 Å². The Balaban J connectivity index is 1.63. The third kappa shape index (κ3) is 5.77. The minimum atomic E-state index is -0.326. The Morgan fingerprint density at radius 2 is 1.86 bits per heavy atom. The standard InChI is InChI=1S/C22H22FN3O2S/c1-14-19(12-20(27)24-13-16-8-10-18(23)11-9-16)21(28)26-22(25-14)29-15(2)17-6-4-3-5-7-17/h3-11,15H,12-13H2,1-2H3,(H,24,27)(H,25,26,28)/t15-/m0/s1. The monoisotopic (exact) mass is 411 g/mol. The molecule has 7 heteroatoms. The van der Waals surface area contributed by atoms with Crippen LogP contribution in [0.4, 0.5) is 4.39 Å². The summed E-state index contributed by atoms with van der Waals surface area (Å²) < 4.78 is 12.9. The molecule has 0 aliphatic rings. The number of amides is 1. The number of nitrogens with zero attached hydrogens (tertiary/aromatic N) is 1. The van der Waals surface area contributed by atoms with Crippen LogP contribution in [0.25, 0.3) is 0 Å². The second-order valence-electron chi connectivity index (χ2n) is 6.69. The maximum absolute atomic E-state index is 12.9. The number of aromatic nitrogens is 2. The summed E-state index contributed by atoms with van der Waals surface area (Å²) >= 11 is 1.46. The van der Waals surface area contributed by atoms with E-state index in [1.165, 1.54) is 23.9 Å². The highest BCUT2D eigenvalue weighted by Gasteiger charge is 2.15. The Hall–Kier alpha value is -2.93. The molecule has 0 aliphatic carbocycles. The zero-order valence-electron chi connectivity index (χ0n) is 16.2. The van der Waals surface area contributed by atoms with Crippen LogP contribution in [-0.4, -0.2) is 15.9 Å². The topological polar surface area (TPSA) is 74.8 Å². The number of benzene rings is 2. The first-order valence-electron chi connectivity index (χ1n) is 9.25. The number of aromatic amines is 1. The van der Waals surface area contributed by atoms with Gasteiger partial charge >= 0.3 is 0 Å². The van der Waals surface area contributed by atoms with Crippen LogP contribution in [0.2, 0.25) is 0 Å². The van der Waals surface area contributed by atoms with Crippen molar-refractivity contribution in [2.24, 2.45) is 0 Å². The van der Waals surface area contributed by atoms with Gasteiger partial charge in [0, 0.05) is 23.1 Å². The van der Waals surface area contributed by atoms with E-state index in [4.69, 9.17) is 0 Å². The van der Waals surface area contributed by atoms with Crippen LogP contribution in [0.15, 0.2) is 64.5 Å². The lowest BCUT2D eigenvalue weighted by Crippen LogP contribution is -2.28. The molecule has 2 N–H and O–H groups in total. The highest BCUT2D eigenvalue weighted by Crippen LogP contribution is 2.32. The zero-order chi connectivity index (χ0) is 20.8. The van der Waals surface area contributed by atoms with Crippen LogP contribution in [0, 0.1) is 12.7 Å². The Kier molecular flexibility index (Phi) is 6.82. The lowest BCUT2D eigenvalue weighted by Gasteiger charge is -2.12. The second-order valence-corrected chi connectivity index (χ2v) is 8.02. The fourth-order valence-electron chi connectivity index (χ4n) is 2.83. The third-order valence-corrected chi connectivity index (χ3v) is 5.54. The molecule has 2 aromatic carbocycles. The molecule has 0 unspecified atom stereocenters. The van der Waals surface area contributed by atoms with Crippen LogP contribution in [0.5, 0.6) is 0 Å². The zero-order valence-corrected chi connectivity index (χ0v) is 17.1. The van der Waals surface area contributed by atoms with E-state index in [-0.39, 0.29) is 35.5 Å². The number of nitrogens with one attached hydrogen (secondary N) is 2. The van der Waals surface area contributed by atoms with Crippen molar-refractivity contribution in [3.8, 4) is 0 Å². The molecule has 0 aliphatic heterocycles. The molecule has 1 heterocycles. The molecule has 1 aromatic heterocycles. The summed E-state index contributed by atoms with van der Waals surface area (Å²) in [5.74, 6) is -0.615. The summed E-state index contributed by atoms with van der Waals surface area (Å²) in [5, 5.41) is 3.40. The number of carbonyl (C=O) groups is 1. The van der Waals surface area contributed by atoms with Crippen LogP contribution < -0.4 is 10.9 Å². The first kappa shape index (κ1) is 20.8. The number of halogens is 1. The minimum absolute atomic E-state index is 0.0610. The summed E-state index contributed by atoms with van der Waals surface area (Å²) in [6.07, 6.45) is -0.0610. The van der Waals surface area contributed by atoms with Gasteiger partial charge in [0.25, 0.3) is 5.56 Å². The second kappa shape index (κ2) is 9.52. The summed E-state index contributed by atoms with van der Waals surface area (Å²) in [4.78, 5) is 32.0. The molecule has 0 saturated carbocycles. The quantitative estimate of drug-likeness (QED) is 0.456. The number of rotatable bonds is 7. The van der Waals surface area contributed by atoms with Crippen molar-refractivity contribution in [3.05, 3.63) is 93.2 Å². The lowest BCUT2D eigenvalue weighted by molar-refractivity contribution is -0.120. The van der Waals surface area contributed by atoms with Crippen LogP contribution in [-0.2, 0) is 17.8 Å². The molecule has 3 rings (SSSR count). The molecular weight excluding hydrogens is 389 g/mol. The van der Waals surface area contributed by atoms with Crippen molar-refractivity contribution in [1.29, 1.82) is 0 Å². The molecule has 0 bridgehead atoms. The smallest absolute Gasteiger partial charge is 0.255 e. The highest BCUT2D eigenvalue weighted by molar-refractivity contribution is 7.99. The van der Waals surface area contributed by atoms with E-state index < -0.39 is 0 Å². The molecule has 1 atom stereocenters. The molecule has 29 heavy (non-hydrogen) atoms. The van der Waals surface area contributed by atoms with Crippen molar-refractivity contribution in [1.82, 2.24) is 15.3 Å². The number of carbonyl (C=O) groups excluding carboxylic acids is 1. The molecule has 5 nitrogen and oxygen atoms in total. The van der Waals surface area contributed by atoms with Gasteiger partial charge in [-0.1, -0.05) is 54.2 Å². The molecular formula is C22H22FN3O2S. The van der Waals surface area contributed by atoms with E-state index in [9.17, 15) is 14.0 Å². The van der Waals surface area contributed by atoms with Gasteiger partial charge in [-0.3, -0.25) is 9.59 Å². The van der Waals surface area contributed by atoms with E-state index >= 15 is 0 Å². The van der Waals surface area contributed by atoms with Crippen molar-refractivity contribution < 1.29 is 9.18 Å². The van der Waals surface area contributed by atoms with Gasteiger partial charge in [-0.05, 0) is 37.1 Å². The van der Waals surface area contributed by atoms with Gasteiger partial charge in [-0.15, -0.1) is 0 Å². The summed E-state index contributed by atoms with van der Waals surface area (Å²) in [6, 6.07) is 15.9. The van der Waals surface area contributed by atoms with E-state index in [2.05, 4.69) is 15.3 Å². The lowest BCUT2D eigenvalue weighted by atomic mass is 10.1. The molecule has 0 saturated heterocycles. The van der Waals surface area contributed by atoms with Crippen molar-refractivity contribution in [3.63, 3.8) is 0 Å². The van der Waals surface area contributed by atoms with Gasteiger partial charge in [0.05, 0.1) is 6.42 Å². The van der Waals surface area contributed by atoms with Gasteiger partial charge in [0.2, 0.25) is 5.91 Å². The maximum Gasteiger partial charge on any atom is 0.255 e. The van der Waals surface area contributed by atoms with Crippen LogP contribution in [0.1, 0.15) is 34.6 Å². The number of hydrogen-bond donors (Lipinski definition) is 2. The predicted molar refractivity (Wildman–Crippen MR) is 112 cm³/mol. The summed E-state index contributed by atoms with van der Waals surface area (Å²) in [5.41, 5.74) is 2.50. The Morgan fingerprint density at radius 1 is 1.17 bits per heavy atom. The van der Waals surface area contributed by atoms with Crippen LogP contribution >= 0.6 is 11.8 Å². The minimum Gasteiger partial charge on any atom is -0.352 e. The number of hydrogen-bond acceptors (Lipinski definition) is 4. The Bertz CT molecular complexity index is 1040. The molecule has 0 spiro atoms. The fraction of sp³-hybridized carbons (Fsp3) is 0.227. The average molecular weight is 412 g/mol. The van der Waals surface area contributed by atoms with Gasteiger partial charge in [0.15, 0.2) is 5.16 Å². The van der Waals surface area contributed by atoms with E-state index in [1.807, 2.05) is 37.3 Å². The molecule has 0 fully saturated rings. The average Bonchev–Trinajstić information content (AvgIpc) is 2.71. The Labute approximate surface area is 172 Å². The first-order valence-corrected chi connectivity index (χ1v) is 10.1. The highest BCUT2D eigenvalue weighted by atomic mass is 32.2. The van der Waals surface area contributed by atoms with Crippen molar-refractivity contribution in [2.45, 2.75) is 37.2 Å². The van der Waals surface area contributed by atoms with Gasteiger partial charge in [-0.2, -0.15) is 0 Å². The number of H-pyrrole nitrogens is 1. The maximum atomic E-state index is 12.9. The van der Waals surface area contributed by atoms with Crippen molar-refractivity contribution in [2.75, 3.05) is 0 Å². The van der Waals surface area contributed by atoms with Gasteiger partial charge in [-0.25, -0.2) is 9.37 Å². The first-order chi connectivity index (χ1) is 13.9. The van der Waals surface area contributed by atoms with Gasteiger partial charge < -0.3 is 10.3 Å². The molecule has 150 valence electrons. The summed E-state index contributed by atoms with van der Waals surface area (Å²) in [6.45, 7) is 4.05. The van der Waals surface area contributed by atoms with E-state index in [0.29, 0.717) is 16.4 Å². The summed E-state index contributed by atoms with van der Waals surface area (Å²) in [7, 11) is 0. The number of aryl methyl sites for hydroxylation is 1. The van der Waals surface area contributed by atoms with E-state index in [0.717, 1.165) is 11.1 Å². The van der Waals surface area contributed by atoms with Crippen LogP contribution in [0.3, 0.4) is 0 Å². The third-order valence-electron chi connectivity index (χ3n) is 4.50. The number of thioether (sulfide) groups is 1. The van der Waals surface area contributed by atoms with E-state index in [1.54, 1.807) is 19.1 Å². The largest absolute Gasteiger partial charge is 0.352 e. The molecule has 1 amide bonds. The fourth-order valence-corrected chi connectivity index (χ4v) is 3.80. The normalized spacial score (nSPS) is 11.8. The Morgan fingerprint density at radius 3 is 2.52 bits per heavy atom. The van der Waals surface area contributed by atoms with Crippen molar-refractivity contribution >= 4 is 17.7 Å². The molecule has 0 radical (unpaired) electrons. The predicted octanol–water partition coefficient (Wildman–Crippen LogP) is 3.93.